The molecule has 2 aromatic carbocycles. The molecule has 0 spiro atoms. The lowest BCUT2D eigenvalue weighted by Crippen LogP contribution is -2.24. The molecule has 2 aromatic rings. The van der Waals surface area contributed by atoms with Gasteiger partial charge < -0.3 is 10.6 Å². The maximum Gasteiger partial charge on any atom is 0.125 e. The van der Waals surface area contributed by atoms with Gasteiger partial charge in [-0.25, -0.2) is 0 Å². The fraction of sp³-hybridized carbons (Fsp3) is 0.333. The first kappa shape index (κ1) is 21.6. The topological polar surface area (TPSA) is 71.8 Å². The smallest absolute Gasteiger partial charge is 0.125 e. The second kappa shape index (κ2) is 11.9. The molecule has 4 nitrogen and oxygen atoms in total. The first-order valence-corrected chi connectivity index (χ1v) is 10.8. The lowest BCUT2D eigenvalue weighted by Gasteiger charge is -2.09. The van der Waals surface area contributed by atoms with Crippen molar-refractivity contribution in [3.05, 3.63) is 68.6 Å². The zero-order valence-corrected chi connectivity index (χ0v) is 18.5. The Bertz CT molecular complexity index is 663. The number of nitrogens with one attached hydrogen (secondary N) is 4. The number of rotatable bonds is 10. The van der Waals surface area contributed by atoms with E-state index in [1.54, 1.807) is 0 Å². The van der Waals surface area contributed by atoms with E-state index in [4.69, 9.17) is 10.8 Å². The Morgan fingerprint density at radius 2 is 0.926 bits per heavy atom. The summed E-state index contributed by atoms with van der Waals surface area (Å²) in [6, 6.07) is 15.6. The van der Waals surface area contributed by atoms with Crippen LogP contribution in [0.25, 0.3) is 0 Å². The Balaban J connectivity index is 1.47. The summed E-state index contributed by atoms with van der Waals surface area (Å²) in [6.07, 6.45) is 5.64. The van der Waals surface area contributed by atoms with E-state index in [0.717, 1.165) is 58.8 Å². The summed E-state index contributed by atoms with van der Waals surface area (Å²) in [5, 5.41) is 22.4. The fourth-order valence-corrected chi connectivity index (χ4v) is 3.17. The van der Waals surface area contributed by atoms with Gasteiger partial charge in [-0.3, -0.25) is 10.8 Å². The monoisotopic (exact) mass is 492 g/mol. The number of amidine groups is 2. The number of benzene rings is 2. The van der Waals surface area contributed by atoms with Gasteiger partial charge in [0.2, 0.25) is 0 Å². The second-order valence-corrected chi connectivity index (χ2v) is 8.22. The van der Waals surface area contributed by atoms with E-state index in [0.29, 0.717) is 11.7 Å². The van der Waals surface area contributed by atoms with Gasteiger partial charge in [-0.2, -0.15) is 0 Å². The average molecular weight is 494 g/mol. The molecule has 0 atom stereocenters. The average Bonchev–Trinajstić information content (AvgIpc) is 2.67. The van der Waals surface area contributed by atoms with E-state index in [1.165, 1.54) is 6.42 Å². The maximum absolute atomic E-state index is 8.04. The molecule has 27 heavy (non-hydrogen) atoms. The summed E-state index contributed by atoms with van der Waals surface area (Å²) in [5.74, 6) is 0.969. The zero-order chi connectivity index (χ0) is 19.5. The van der Waals surface area contributed by atoms with Gasteiger partial charge in [0.1, 0.15) is 11.7 Å². The highest BCUT2D eigenvalue weighted by molar-refractivity contribution is 9.10. The molecule has 0 aliphatic carbocycles. The standard InChI is InChI=1S/C21H26Br2N4/c22-18-10-6-16(7-11-18)20(24)26-14-4-2-1-3-5-15-27-21(25)17-8-12-19(23)13-9-17/h6-13H,1-5,14-15H2,(H2,24,26)(H2,25,27). The predicted molar refractivity (Wildman–Crippen MR) is 121 cm³/mol. The minimum absolute atomic E-state index is 0.484. The van der Waals surface area contributed by atoms with Crippen molar-refractivity contribution in [1.82, 2.24) is 10.6 Å². The molecule has 0 fully saturated rings. The van der Waals surface area contributed by atoms with Gasteiger partial charge in [0, 0.05) is 33.2 Å². The first-order valence-electron chi connectivity index (χ1n) is 9.23. The summed E-state index contributed by atoms with van der Waals surface area (Å²) in [4.78, 5) is 0. The van der Waals surface area contributed by atoms with Crippen LogP contribution in [0.15, 0.2) is 57.5 Å². The number of unbranched alkanes of at least 4 members (excludes halogenated alkanes) is 4. The van der Waals surface area contributed by atoms with Gasteiger partial charge in [0.05, 0.1) is 0 Å². The van der Waals surface area contributed by atoms with Crippen LogP contribution in [0.5, 0.6) is 0 Å². The van der Waals surface area contributed by atoms with Crippen molar-refractivity contribution in [2.24, 2.45) is 0 Å². The molecule has 2 rings (SSSR count). The Morgan fingerprint density at radius 1 is 0.593 bits per heavy atom. The SMILES string of the molecule is N=C(NCCCCCCCNC(=N)c1ccc(Br)cc1)c1ccc(Br)cc1. The van der Waals surface area contributed by atoms with E-state index in [1.807, 2.05) is 48.5 Å². The van der Waals surface area contributed by atoms with E-state index in [-0.39, 0.29) is 0 Å². The van der Waals surface area contributed by atoms with Crippen molar-refractivity contribution in [2.75, 3.05) is 13.1 Å². The van der Waals surface area contributed by atoms with Crippen LogP contribution in [-0.2, 0) is 0 Å². The molecule has 6 heteroatoms. The molecule has 0 unspecified atom stereocenters. The molecule has 0 aliphatic rings. The lowest BCUT2D eigenvalue weighted by atomic mass is 10.1. The van der Waals surface area contributed by atoms with E-state index in [2.05, 4.69) is 42.5 Å². The van der Waals surface area contributed by atoms with Crippen LogP contribution in [0, 0.1) is 10.8 Å². The van der Waals surface area contributed by atoms with Crippen molar-refractivity contribution < 1.29 is 0 Å². The number of hydrogen-bond acceptors (Lipinski definition) is 2. The van der Waals surface area contributed by atoms with Crippen molar-refractivity contribution in [3.63, 3.8) is 0 Å². The summed E-state index contributed by atoms with van der Waals surface area (Å²) >= 11 is 6.81. The molecule has 0 aromatic heterocycles. The quantitative estimate of drug-likeness (QED) is 0.195. The molecule has 0 saturated heterocycles. The number of halogens is 2. The normalized spacial score (nSPS) is 10.4. The minimum Gasteiger partial charge on any atom is -0.370 e. The highest BCUT2D eigenvalue weighted by Gasteiger charge is 2.01. The summed E-state index contributed by atoms with van der Waals surface area (Å²) in [6.45, 7) is 1.67. The second-order valence-electron chi connectivity index (χ2n) is 6.39. The molecule has 0 amide bonds. The summed E-state index contributed by atoms with van der Waals surface area (Å²) in [7, 11) is 0. The Hall–Kier alpha value is -1.66. The predicted octanol–water partition coefficient (Wildman–Crippen LogP) is 5.69. The molecule has 0 bridgehead atoms. The third kappa shape index (κ3) is 8.26. The molecule has 0 saturated carbocycles. The number of hydrogen-bond donors (Lipinski definition) is 4. The van der Waals surface area contributed by atoms with E-state index >= 15 is 0 Å². The van der Waals surface area contributed by atoms with Crippen LogP contribution >= 0.6 is 31.9 Å². The third-order valence-electron chi connectivity index (χ3n) is 4.22. The molecule has 0 aliphatic heterocycles. The van der Waals surface area contributed by atoms with Crippen LogP contribution < -0.4 is 10.6 Å². The highest BCUT2D eigenvalue weighted by Crippen LogP contribution is 2.11. The first-order chi connectivity index (χ1) is 13.1. The summed E-state index contributed by atoms with van der Waals surface area (Å²) < 4.78 is 2.06. The minimum atomic E-state index is 0.484. The Labute approximate surface area is 178 Å². The third-order valence-corrected chi connectivity index (χ3v) is 5.28. The molecule has 0 heterocycles. The molecular formula is C21H26Br2N4. The molecular weight excluding hydrogens is 468 g/mol. The van der Waals surface area contributed by atoms with Gasteiger partial charge in [0.15, 0.2) is 0 Å². The van der Waals surface area contributed by atoms with Crippen LogP contribution in [0.3, 0.4) is 0 Å². The largest absolute Gasteiger partial charge is 0.370 e. The Morgan fingerprint density at radius 3 is 1.30 bits per heavy atom. The maximum atomic E-state index is 8.04. The Kier molecular flexibility index (Phi) is 9.56. The van der Waals surface area contributed by atoms with E-state index < -0.39 is 0 Å². The fourth-order valence-electron chi connectivity index (χ4n) is 2.64. The van der Waals surface area contributed by atoms with Crippen molar-refractivity contribution in [1.29, 1.82) is 10.8 Å². The van der Waals surface area contributed by atoms with Crippen LogP contribution in [0.1, 0.15) is 43.2 Å². The van der Waals surface area contributed by atoms with E-state index in [9.17, 15) is 0 Å². The van der Waals surface area contributed by atoms with Gasteiger partial charge >= 0.3 is 0 Å². The van der Waals surface area contributed by atoms with Gasteiger partial charge in [-0.05, 0) is 37.1 Å². The van der Waals surface area contributed by atoms with Crippen LogP contribution in [0.2, 0.25) is 0 Å². The van der Waals surface area contributed by atoms with Crippen molar-refractivity contribution >= 4 is 43.5 Å². The van der Waals surface area contributed by atoms with Crippen molar-refractivity contribution in [2.45, 2.75) is 32.1 Å². The van der Waals surface area contributed by atoms with Gasteiger partial charge in [-0.1, -0.05) is 75.4 Å². The van der Waals surface area contributed by atoms with Gasteiger partial charge in [-0.15, -0.1) is 0 Å². The van der Waals surface area contributed by atoms with Crippen LogP contribution in [0.4, 0.5) is 0 Å². The highest BCUT2D eigenvalue weighted by atomic mass is 79.9. The summed E-state index contributed by atoms with van der Waals surface area (Å²) in [5.41, 5.74) is 1.83. The molecule has 144 valence electrons. The van der Waals surface area contributed by atoms with Crippen LogP contribution in [-0.4, -0.2) is 24.8 Å². The lowest BCUT2D eigenvalue weighted by molar-refractivity contribution is 0.602. The van der Waals surface area contributed by atoms with Crippen molar-refractivity contribution in [3.8, 4) is 0 Å². The molecule has 4 N–H and O–H groups in total. The van der Waals surface area contributed by atoms with Gasteiger partial charge in [0.25, 0.3) is 0 Å². The zero-order valence-electron chi connectivity index (χ0n) is 15.3. The molecule has 0 radical (unpaired) electrons.